The molecule has 1 aliphatic heterocycles. The van der Waals surface area contributed by atoms with Crippen molar-refractivity contribution >= 4 is 29.3 Å². The SMILES string of the molecule is CC1=NC(=O)N(CCCN(C)C(=O)CCC2CCCC2)C(c2cccc([N+](=O)[O-])c2)C1C(=O)O. The fraction of sp³-hybridized carbons (Fsp3) is 0.583. The van der Waals surface area contributed by atoms with Gasteiger partial charge in [-0.1, -0.05) is 37.8 Å². The number of carboxylic acid groups (broad SMARTS) is 1. The number of amides is 3. The smallest absolute Gasteiger partial charge is 0.344 e. The molecule has 10 heteroatoms. The van der Waals surface area contributed by atoms with Crippen LogP contribution in [0.5, 0.6) is 0 Å². The molecule has 184 valence electrons. The third-order valence-electron chi connectivity index (χ3n) is 6.87. The van der Waals surface area contributed by atoms with E-state index in [0.717, 1.165) is 6.42 Å². The zero-order valence-electron chi connectivity index (χ0n) is 19.7. The lowest BCUT2D eigenvalue weighted by Crippen LogP contribution is -2.47. The molecule has 1 N–H and O–H groups in total. The molecule has 1 aliphatic carbocycles. The van der Waals surface area contributed by atoms with Crippen molar-refractivity contribution in [2.45, 2.75) is 57.9 Å². The highest BCUT2D eigenvalue weighted by atomic mass is 16.6. The second-order valence-electron chi connectivity index (χ2n) is 9.20. The Morgan fingerprint density at radius 1 is 1.29 bits per heavy atom. The maximum absolute atomic E-state index is 12.8. The van der Waals surface area contributed by atoms with Crippen LogP contribution < -0.4 is 0 Å². The van der Waals surface area contributed by atoms with Crippen molar-refractivity contribution in [3.05, 3.63) is 39.9 Å². The Hall–Kier alpha value is -3.30. The minimum absolute atomic E-state index is 0.0596. The predicted octanol–water partition coefficient (Wildman–Crippen LogP) is 4.05. The zero-order valence-corrected chi connectivity index (χ0v) is 19.7. The molecule has 0 saturated heterocycles. The second kappa shape index (κ2) is 11.2. The number of non-ortho nitro benzene ring substituents is 1. The van der Waals surface area contributed by atoms with Gasteiger partial charge in [-0.15, -0.1) is 0 Å². The van der Waals surface area contributed by atoms with E-state index in [9.17, 15) is 29.6 Å². The van der Waals surface area contributed by atoms with Gasteiger partial charge < -0.3 is 14.9 Å². The molecule has 2 unspecified atom stereocenters. The molecule has 1 saturated carbocycles. The van der Waals surface area contributed by atoms with Crippen LogP contribution in [-0.4, -0.2) is 63.6 Å². The molecule has 0 bridgehead atoms. The molecule has 3 rings (SSSR count). The fourth-order valence-electron chi connectivity index (χ4n) is 4.98. The number of aliphatic imine (C=N–C) groups is 1. The number of aliphatic carboxylic acids is 1. The summed E-state index contributed by atoms with van der Waals surface area (Å²) in [4.78, 5) is 54.9. The van der Waals surface area contributed by atoms with E-state index in [4.69, 9.17) is 0 Å². The number of nitro benzene ring substituents is 1. The lowest BCUT2D eigenvalue weighted by molar-refractivity contribution is -0.385. The third-order valence-corrected chi connectivity index (χ3v) is 6.87. The number of carboxylic acids is 1. The molecule has 0 aromatic heterocycles. The summed E-state index contributed by atoms with van der Waals surface area (Å²) in [5.74, 6) is -1.59. The lowest BCUT2D eigenvalue weighted by atomic mass is 9.86. The van der Waals surface area contributed by atoms with E-state index in [0.29, 0.717) is 30.9 Å². The molecule has 2 atom stereocenters. The minimum Gasteiger partial charge on any atom is -0.481 e. The van der Waals surface area contributed by atoms with Crippen molar-refractivity contribution in [2.75, 3.05) is 20.1 Å². The molecule has 0 spiro atoms. The second-order valence-corrected chi connectivity index (χ2v) is 9.20. The van der Waals surface area contributed by atoms with Gasteiger partial charge in [-0.05, 0) is 31.2 Å². The summed E-state index contributed by atoms with van der Waals surface area (Å²) in [5.41, 5.74) is 0.344. The van der Waals surface area contributed by atoms with Crippen LogP contribution in [0, 0.1) is 22.0 Å². The number of hydrogen-bond donors (Lipinski definition) is 1. The Balaban J connectivity index is 1.70. The van der Waals surface area contributed by atoms with Gasteiger partial charge in [-0.3, -0.25) is 19.7 Å². The highest BCUT2D eigenvalue weighted by molar-refractivity contribution is 6.07. The number of benzene rings is 1. The first kappa shape index (κ1) is 25.3. The molecule has 1 aromatic carbocycles. The Bertz CT molecular complexity index is 972. The first-order chi connectivity index (χ1) is 16.2. The number of hydrogen-bond acceptors (Lipinski definition) is 5. The van der Waals surface area contributed by atoms with E-state index >= 15 is 0 Å². The third kappa shape index (κ3) is 5.98. The zero-order chi connectivity index (χ0) is 24.8. The van der Waals surface area contributed by atoms with Gasteiger partial charge in [0, 0.05) is 44.4 Å². The molecular weight excluding hydrogens is 440 g/mol. The van der Waals surface area contributed by atoms with E-state index in [1.807, 2.05) is 0 Å². The molecular formula is C24H32N4O6. The molecule has 1 aromatic rings. The summed E-state index contributed by atoms with van der Waals surface area (Å²) in [6, 6.07) is 4.19. The minimum atomic E-state index is -1.16. The monoisotopic (exact) mass is 472 g/mol. The van der Waals surface area contributed by atoms with Crippen molar-refractivity contribution in [1.29, 1.82) is 0 Å². The van der Waals surface area contributed by atoms with Crippen LogP contribution in [-0.2, 0) is 9.59 Å². The van der Waals surface area contributed by atoms with Gasteiger partial charge in [-0.25, -0.2) is 9.79 Å². The lowest BCUT2D eigenvalue weighted by Gasteiger charge is -2.38. The van der Waals surface area contributed by atoms with Gasteiger partial charge in [0.05, 0.1) is 11.0 Å². The van der Waals surface area contributed by atoms with Crippen LogP contribution in [0.1, 0.15) is 63.5 Å². The van der Waals surface area contributed by atoms with Crippen LogP contribution in [0.15, 0.2) is 29.3 Å². The van der Waals surface area contributed by atoms with Gasteiger partial charge in [0.15, 0.2) is 0 Å². The summed E-state index contributed by atoms with van der Waals surface area (Å²) in [5, 5.41) is 21.1. The normalized spacial score (nSPS) is 20.8. The van der Waals surface area contributed by atoms with Crippen molar-refractivity contribution in [2.24, 2.45) is 16.8 Å². The Kier molecular flexibility index (Phi) is 8.36. The molecule has 10 nitrogen and oxygen atoms in total. The van der Waals surface area contributed by atoms with Gasteiger partial charge >= 0.3 is 12.0 Å². The number of carbonyl (C=O) groups is 3. The van der Waals surface area contributed by atoms with Crippen molar-refractivity contribution in [3.8, 4) is 0 Å². The Morgan fingerprint density at radius 3 is 2.65 bits per heavy atom. The average Bonchev–Trinajstić information content (AvgIpc) is 3.31. The fourth-order valence-corrected chi connectivity index (χ4v) is 4.98. The number of nitro groups is 1. The molecule has 1 fully saturated rings. The van der Waals surface area contributed by atoms with Crippen LogP contribution in [0.2, 0.25) is 0 Å². The summed E-state index contributed by atoms with van der Waals surface area (Å²) in [6.07, 6.45) is 6.70. The van der Waals surface area contributed by atoms with Crippen LogP contribution in [0.4, 0.5) is 10.5 Å². The standard InChI is InChI=1S/C24H32N4O6/c1-16-21(23(30)31)22(18-9-5-10-19(15-18)28(33)34)27(24(32)25-16)14-6-13-26(2)20(29)12-11-17-7-3-4-8-17/h5,9-10,15,17,21-22H,3-4,6-8,11-14H2,1-2H3,(H,30,31). The van der Waals surface area contributed by atoms with E-state index in [1.165, 1.54) is 55.7 Å². The molecule has 34 heavy (non-hydrogen) atoms. The average molecular weight is 473 g/mol. The number of nitrogens with zero attached hydrogens (tertiary/aromatic N) is 4. The van der Waals surface area contributed by atoms with Gasteiger partial charge in [-0.2, -0.15) is 0 Å². The first-order valence-corrected chi connectivity index (χ1v) is 11.8. The Morgan fingerprint density at radius 2 is 2.00 bits per heavy atom. The quantitative estimate of drug-likeness (QED) is 0.403. The maximum Gasteiger partial charge on any atom is 0.344 e. The van der Waals surface area contributed by atoms with E-state index in [-0.39, 0.29) is 23.9 Å². The van der Waals surface area contributed by atoms with Crippen molar-refractivity contribution < 1.29 is 24.4 Å². The van der Waals surface area contributed by atoms with Gasteiger partial charge in [0.2, 0.25) is 5.91 Å². The molecule has 0 radical (unpaired) electrons. The predicted molar refractivity (Wildman–Crippen MR) is 126 cm³/mol. The van der Waals surface area contributed by atoms with E-state index in [2.05, 4.69) is 4.99 Å². The van der Waals surface area contributed by atoms with Crippen LogP contribution in [0.3, 0.4) is 0 Å². The van der Waals surface area contributed by atoms with Crippen molar-refractivity contribution in [1.82, 2.24) is 9.80 Å². The summed E-state index contributed by atoms with van der Waals surface area (Å²) in [7, 11) is 1.73. The van der Waals surface area contributed by atoms with Gasteiger partial charge in [0.25, 0.3) is 5.69 Å². The van der Waals surface area contributed by atoms with E-state index < -0.39 is 28.9 Å². The number of carbonyl (C=O) groups excluding carboxylic acids is 2. The summed E-state index contributed by atoms with van der Waals surface area (Å²) in [6.45, 7) is 2.07. The van der Waals surface area contributed by atoms with Gasteiger partial charge in [0.1, 0.15) is 5.92 Å². The number of urea groups is 1. The molecule has 1 heterocycles. The molecule has 3 amide bonds. The number of rotatable bonds is 10. The Labute approximate surface area is 198 Å². The topological polar surface area (TPSA) is 133 Å². The highest BCUT2D eigenvalue weighted by Gasteiger charge is 2.42. The summed E-state index contributed by atoms with van der Waals surface area (Å²) >= 11 is 0. The molecule has 2 aliphatic rings. The van der Waals surface area contributed by atoms with Crippen molar-refractivity contribution in [3.63, 3.8) is 0 Å². The first-order valence-electron chi connectivity index (χ1n) is 11.8. The largest absolute Gasteiger partial charge is 0.481 e. The van der Waals surface area contributed by atoms with Crippen LogP contribution in [0.25, 0.3) is 0 Å². The highest BCUT2D eigenvalue weighted by Crippen LogP contribution is 2.36. The van der Waals surface area contributed by atoms with Crippen LogP contribution >= 0.6 is 0 Å². The summed E-state index contributed by atoms with van der Waals surface area (Å²) < 4.78 is 0. The van der Waals surface area contributed by atoms with E-state index in [1.54, 1.807) is 18.0 Å². The maximum atomic E-state index is 12.8.